The van der Waals surface area contributed by atoms with E-state index >= 15 is 0 Å². The molecule has 8 rings (SSSR count). The summed E-state index contributed by atoms with van der Waals surface area (Å²) in [4.78, 5) is 21.8. The van der Waals surface area contributed by atoms with Crippen molar-refractivity contribution in [1.82, 2.24) is 9.97 Å². The number of carbonyl (C=O) groups is 1. The number of aromatic nitrogens is 2. The zero-order valence-electron chi connectivity index (χ0n) is 44.9. The molecule has 0 amide bonds. The maximum Gasteiger partial charge on any atom is 0.162 e. The van der Waals surface area contributed by atoms with Crippen LogP contribution in [0.5, 0.6) is 0 Å². The van der Waals surface area contributed by atoms with Crippen LogP contribution in [0.1, 0.15) is 139 Å². The summed E-state index contributed by atoms with van der Waals surface area (Å²) >= 11 is 0. The Morgan fingerprint density at radius 2 is 0.900 bits per heavy atom. The second-order valence-corrected chi connectivity index (χ2v) is 21.4. The predicted octanol–water partition coefficient (Wildman–Crippen LogP) is 18.0. The smallest absolute Gasteiger partial charge is 0.162 e. The molecule has 0 fully saturated rings. The van der Waals surface area contributed by atoms with Crippen molar-refractivity contribution in [2.75, 3.05) is 0 Å². The van der Waals surface area contributed by atoms with Crippen LogP contribution >= 0.6 is 0 Å². The molecule has 0 saturated carbocycles. The summed E-state index contributed by atoms with van der Waals surface area (Å²) in [5.41, 5.74) is 16.7. The Hall–Kier alpha value is -5.48. The number of nitrogens with zero attached hydrogens (tertiary/aromatic N) is 2. The average Bonchev–Trinajstić information content (AvgIpc) is 3.28. The normalized spacial score (nSPS) is 12.0. The number of ketones is 1. The Labute approximate surface area is 433 Å². The average molecular weight is 1110 g/mol. The van der Waals surface area contributed by atoms with Gasteiger partial charge in [0.1, 0.15) is 0 Å². The van der Waals surface area contributed by atoms with Gasteiger partial charge in [-0.1, -0.05) is 152 Å². The van der Waals surface area contributed by atoms with Crippen molar-refractivity contribution in [3.63, 3.8) is 0 Å². The van der Waals surface area contributed by atoms with Crippen LogP contribution in [0.4, 0.5) is 0 Å². The molecule has 8 aromatic rings. The molecule has 0 unspecified atom stereocenters. The van der Waals surface area contributed by atoms with Gasteiger partial charge in [0.25, 0.3) is 0 Å². The minimum absolute atomic E-state index is 0. The van der Waals surface area contributed by atoms with Gasteiger partial charge in [0.2, 0.25) is 0 Å². The first-order valence-electron chi connectivity index (χ1n) is 25.2. The Morgan fingerprint density at radius 1 is 0.543 bits per heavy atom. The first kappa shape index (κ1) is 55.4. The molecule has 0 spiro atoms. The minimum atomic E-state index is 0. The number of aliphatic hydroxyl groups excluding tert-OH is 1. The predicted molar refractivity (Wildman–Crippen MR) is 297 cm³/mol. The van der Waals surface area contributed by atoms with E-state index in [-0.39, 0.29) is 54.3 Å². The van der Waals surface area contributed by atoms with Crippen LogP contribution in [-0.2, 0) is 35.7 Å². The third-order valence-corrected chi connectivity index (χ3v) is 13.7. The molecular weight excluding hydrogens is 1030 g/mol. The number of carbonyl (C=O) groups excluding carboxylic acids is 1. The number of fused-ring (bicyclic) bond motifs is 4. The number of aryl methyl sites for hydroxylation is 6. The second kappa shape index (κ2) is 23.2. The van der Waals surface area contributed by atoms with E-state index in [1.165, 1.54) is 72.1 Å². The van der Waals surface area contributed by atoms with E-state index in [2.05, 4.69) is 192 Å². The zero-order chi connectivity index (χ0) is 50.5. The molecule has 5 heteroatoms. The number of pyridine rings is 2. The van der Waals surface area contributed by atoms with Crippen LogP contribution in [0.2, 0.25) is 0 Å². The number of allylic oxidation sites excluding steroid dienone is 2. The van der Waals surface area contributed by atoms with E-state index in [1.807, 2.05) is 27.7 Å². The SMILES string of the molecule is CCC(CC)C(=O)/C=C(\O)C(CC)CC.Cc1cc(C)c2c(C)cc(-c3[c-]c4ccccc4c(C(C)(C)C)c3)nc2c1.Cc1cc(C)c2c(C)cc(-c3[c-]c4ccccc4c(C(C)(C)C)c3)nc2c1.[Ir]. The third kappa shape index (κ3) is 12.7. The molecule has 2 aromatic heterocycles. The molecule has 70 heavy (non-hydrogen) atoms. The van der Waals surface area contributed by atoms with Crippen molar-refractivity contribution in [2.24, 2.45) is 11.8 Å². The van der Waals surface area contributed by atoms with Gasteiger partial charge in [-0.2, -0.15) is 0 Å². The molecule has 1 N–H and O–H groups in total. The summed E-state index contributed by atoms with van der Waals surface area (Å²) in [5, 5.41) is 17.1. The summed E-state index contributed by atoms with van der Waals surface area (Å²) < 4.78 is 0. The molecule has 0 aliphatic carbocycles. The van der Waals surface area contributed by atoms with E-state index in [1.54, 1.807) is 0 Å². The number of rotatable bonds is 9. The van der Waals surface area contributed by atoms with Gasteiger partial charge in [-0.15, -0.1) is 58.3 Å². The van der Waals surface area contributed by atoms with E-state index < -0.39 is 0 Å². The summed E-state index contributed by atoms with van der Waals surface area (Å²) in [5.74, 6) is 0.547. The Balaban J connectivity index is 0.000000203. The van der Waals surface area contributed by atoms with Crippen molar-refractivity contribution in [3.8, 4) is 22.5 Å². The monoisotopic (exact) mass is 1110 g/mol. The summed E-state index contributed by atoms with van der Waals surface area (Å²) in [6.07, 6.45) is 4.91. The molecule has 369 valence electrons. The number of benzene rings is 6. The minimum Gasteiger partial charge on any atom is -0.512 e. The van der Waals surface area contributed by atoms with Gasteiger partial charge in [-0.3, -0.25) is 14.8 Å². The van der Waals surface area contributed by atoms with Crippen LogP contribution in [0, 0.1) is 65.5 Å². The van der Waals surface area contributed by atoms with Crippen LogP contribution in [0.25, 0.3) is 65.9 Å². The molecule has 0 aliphatic rings. The van der Waals surface area contributed by atoms with E-state index in [0.29, 0.717) is 0 Å². The molecule has 0 bridgehead atoms. The van der Waals surface area contributed by atoms with Crippen molar-refractivity contribution >= 4 is 49.1 Å². The Bertz CT molecular complexity index is 2980. The molecule has 0 aliphatic heterocycles. The fourth-order valence-corrected chi connectivity index (χ4v) is 10.0. The van der Waals surface area contributed by atoms with Crippen LogP contribution in [0.15, 0.2) is 109 Å². The van der Waals surface area contributed by atoms with Gasteiger partial charge in [0.15, 0.2) is 5.78 Å². The zero-order valence-corrected chi connectivity index (χ0v) is 47.3. The first-order chi connectivity index (χ1) is 32.6. The second-order valence-electron chi connectivity index (χ2n) is 21.4. The molecule has 0 saturated heterocycles. The third-order valence-electron chi connectivity index (χ3n) is 13.7. The first-order valence-corrected chi connectivity index (χ1v) is 25.2. The van der Waals surface area contributed by atoms with Crippen LogP contribution < -0.4 is 0 Å². The van der Waals surface area contributed by atoms with Gasteiger partial charge >= 0.3 is 0 Å². The van der Waals surface area contributed by atoms with Crippen molar-refractivity contribution in [2.45, 2.75) is 147 Å². The fraction of sp³-hybridized carbons (Fsp3) is 0.369. The maximum absolute atomic E-state index is 11.7. The van der Waals surface area contributed by atoms with E-state index in [4.69, 9.17) is 9.97 Å². The largest absolute Gasteiger partial charge is 0.512 e. The molecule has 1 radical (unpaired) electrons. The quantitative estimate of drug-likeness (QED) is 0.0889. The van der Waals surface area contributed by atoms with Crippen molar-refractivity contribution < 1.29 is 30.0 Å². The number of hydrogen-bond donors (Lipinski definition) is 1. The summed E-state index contributed by atoms with van der Waals surface area (Å²) in [7, 11) is 0. The van der Waals surface area contributed by atoms with Gasteiger partial charge in [0, 0.05) is 60.2 Å². The number of hydrogen-bond acceptors (Lipinski definition) is 4. The molecular formula is C65H76IrN2O2-2. The fourth-order valence-electron chi connectivity index (χ4n) is 10.0. The van der Waals surface area contributed by atoms with Crippen molar-refractivity contribution in [3.05, 3.63) is 166 Å². The number of aliphatic hydroxyl groups is 1. The molecule has 0 atom stereocenters. The van der Waals surface area contributed by atoms with Gasteiger partial charge in [-0.25, -0.2) is 0 Å². The van der Waals surface area contributed by atoms with Gasteiger partial charge in [-0.05, 0) is 124 Å². The van der Waals surface area contributed by atoms with Gasteiger partial charge < -0.3 is 5.11 Å². The van der Waals surface area contributed by atoms with Crippen LogP contribution in [-0.4, -0.2) is 20.9 Å². The standard InChI is InChI=1S/2C26H26N.C13H24O2.Ir/c2*1-16-11-17(2)25-18(3)13-23(27-24(25)12-16)20-14-19-9-7-8-10-21(19)22(15-20)26(4,5)6;1-5-10(6-2)12(14)9-13(15)11(7-3)8-4;/h2*7-13,15H,1-6H3;9-11,14H,5-8H2,1-4H3;/q2*-1;;/b;;12-9-;. The Morgan fingerprint density at radius 3 is 1.26 bits per heavy atom. The van der Waals surface area contributed by atoms with E-state index in [9.17, 15) is 9.90 Å². The van der Waals surface area contributed by atoms with E-state index in [0.717, 1.165) is 70.0 Å². The van der Waals surface area contributed by atoms with Crippen LogP contribution in [0.3, 0.4) is 0 Å². The molecule has 6 aromatic carbocycles. The van der Waals surface area contributed by atoms with Gasteiger partial charge in [0.05, 0.1) is 16.8 Å². The summed E-state index contributed by atoms with van der Waals surface area (Å²) in [6.45, 7) is 34.7. The van der Waals surface area contributed by atoms with Crippen molar-refractivity contribution in [1.29, 1.82) is 0 Å². The topological polar surface area (TPSA) is 63.1 Å². The molecule has 4 nitrogen and oxygen atoms in total. The maximum atomic E-state index is 11.7. The molecule has 2 heterocycles. The summed E-state index contributed by atoms with van der Waals surface area (Å²) in [6, 6.07) is 42.1. The Kier molecular flexibility index (Phi) is 18.4.